The van der Waals surface area contributed by atoms with Crippen molar-refractivity contribution in [1.82, 2.24) is 0 Å². The van der Waals surface area contributed by atoms with E-state index in [1.807, 2.05) is 0 Å². The molecule has 0 heterocycles. The fourth-order valence-corrected chi connectivity index (χ4v) is 1.47. The van der Waals surface area contributed by atoms with Gasteiger partial charge in [-0.25, -0.2) is 0 Å². The number of allylic oxidation sites excluding steroid dienone is 3. The summed E-state index contributed by atoms with van der Waals surface area (Å²) in [6.07, 6.45) is 2.72. The Morgan fingerprint density at radius 3 is 2.21 bits per heavy atom. The van der Waals surface area contributed by atoms with Gasteiger partial charge >= 0.3 is 11.9 Å². The average Bonchev–Trinajstić information content (AvgIpc) is 2.21. The molecular weight excluding hydrogens is 318 g/mol. The van der Waals surface area contributed by atoms with Crippen molar-refractivity contribution in [2.45, 2.75) is 13.8 Å². The number of hydrogen-bond donors (Lipinski definition) is 1. The summed E-state index contributed by atoms with van der Waals surface area (Å²) in [5.41, 5.74) is 5.21. The van der Waals surface area contributed by atoms with Crippen LogP contribution in [0.15, 0.2) is 34.5 Å². The van der Waals surface area contributed by atoms with E-state index in [0.717, 1.165) is 0 Å². The SMILES string of the molecule is C=C(/C=C(Br)\C=C(/COC(C)=O)C(N)=O)OC(C)=O. The first-order chi connectivity index (χ1) is 8.72. The van der Waals surface area contributed by atoms with Gasteiger partial charge in [0.05, 0.1) is 5.57 Å². The Balaban J connectivity index is 4.86. The number of carbonyl (C=O) groups excluding carboxylic acids is 3. The third-order valence-corrected chi connectivity index (χ3v) is 2.09. The molecule has 0 atom stereocenters. The zero-order chi connectivity index (χ0) is 15.0. The topological polar surface area (TPSA) is 95.7 Å². The summed E-state index contributed by atoms with van der Waals surface area (Å²) in [4.78, 5) is 32.4. The van der Waals surface area contributed by atoms with Crippen molar-refractivity contribution in [1.29, 1.82) is 0 Å². The summed E-state index contributed by atoms with van der Waals surface area (Å²) in [6.45, 7) is 5.69. The van der Waals surface area contributed by atoms with Crippen LogP contribution in [0.2, 0.25) is 0 Å². The van der Waals surface area contributed by atoms with Crippen molar-refractivity contribution < 1.29 is 23.9 Å². The highest BCUT2D eigenvalue weighted by atomic mass is 79.9. The number of rotatable bonds is 6. The lowest BCUT2D eigenvalue weighted by molar-refractivity contribution is -0.140. The number of amides is 1. The Kier molecular flexibility index (Phi) is 7.43. The zero-order valence-electron chi connectivity index (χ0n) is 10.6. The summed E-state index contributed by atoms with van der Waals surface area (Å²) < 4.78 is 9.75. The molecule has 104 valence electrons. The van der Waals surface area contributed by atoms with Gasteiger partial charge < -0.3 is 15.2 Å². The highest BCUT2D eigenvalue weighted by Crippen LogP contribution is 2.14. The molecule has 0 aliphatic heterocycles. The van der Waals surface area contributed by atoms with E-state index in [2.05, 4.69) is 27.2 Å². The van der Waals surface area contributed by atoms with Gasteiger partial charge in [0.1, 0.15) is 12.4 Å². The quantitative estimate of drug-likeness (QED) is 0.342. The summed E-state index contributed by atoms with van der Waals surface area (Å²) >= 11 is 3.13. The monoisotopic (exact) mass is 331 g/mol. The van der Waals surface area contributed by atoms with Crippen LogP contribution in [-0.4, -0.2) is 24.5 Å². The van der Waals surface area contributed by atoms with Crippen molar-refractivity contribution in [2.24, 2.45) is 5.73 Å². The van der Waals surface area contributed by atoms with Crippen LogP contribution in [-0.2, 0) is 23.9 Å². The maximum atomic E-state index is 11.1. The average molecular weight is 332 g/mol. The second-order valence-corrected chi connectivity index (χ2v) is 4.32. The van der Waals surface area contributed by atoms with E-state index in [9.17, 15) is 14.4 Å². The summed E-state index contributed by atoms with van der Waals surface area (Å²) in [5, 5.41) is 0. The molecule has 0 spiro atoms. The third kappa shape index (κ3) is 8.78. The standard InChI is InChI=1S/C12H14BrNO5/c1-7(19-9(3)16)4-11(13)5-10(12(14)17)6-18-8(2)15/h4-5H,1,6H2,2-3H3,(H2,14,17)/b10-5+,11-4+. The minimum atomic E-state index is -0.732. The number of ether oxygens (including phenoxy) is 2. The van der Waals surface area contributed by atoms with Crippen LogP contribution < -0.4 is 5.73 Å². The molecule has 6 nitrogen and oxygen atoms in total. The van der Waals surface area contributed by atoms with Gasteiger partial charge in [-0.15, -0.1) is 0 Å². The van der Waals surface area contributed by atoms with Crippen LogP contribution in [0.4, 0.5) is 0 Å². The molecule has 0 rings (SSSR count). The molecule has 7 heteroatoms. The Morgan fingerprint density at radius 1 is 1.21 bits per heavy atom. The third-order valence-electron chi connectivity index (χ3n) is 1.63. The van der Waals surface area contributed by atoms with Gasteiger partial charge in [0.25, 0.3) is 0 Å². The zero-order valence-corrected chi connectivity index (χ0v) is 12.2. The molecule has 0 saturated heterocycles. The molecule has 0 bridgehead atoms. The Labute approximate surface area is 119 Å². The first-order valence-electron chi connectivity index (χ1n) is 5.10. The van der Waals surface area contributed by atoms with E-state index >= 15 is 0 Å². The van der Waals surface area contributed by atoms with Crippen molar-refractivity contribution in [3.63, 3.8) is 0 Å². The first kappa shape index (κ1) is 17.1. The first-order valence-corrected chi connectivity index (χ1v) is 5.90. The van der Waals surface area contributed by atoms with E-state index in [1.54, 1.807) is 0 Å². The highest BCUT2D eigenvalue weighted by Gasteiger charge is 2.08. The molecule has 0 unspecified atom stereocenters. The number of esters is 2. The highest BCUT2D eigenvalue weighted by molar-refractivity contribution is 9.11. The molecule has 19 heavy (non-hydrogen) atoms. The number of nitrogens with two attached hydrogens (primary N) is 1. The lowest BCUT2D eigenvalue weighted by atomic mass is 10.2. The maximum absolute atomic E-state index is 11.1. The van der Waals surface area contributed by atoms with Crippen LogP contribution >= 0.6 is 15.9 Å². The number of halogens is 1. The van der Waals surface area contributed by atoms with E-state index in [1.165, 1.54) is 26.0 Å². The molecule has 0 aromatic heterocycles. The summed E-state index contributed by atoms with van der Waals surface area (Å²) in [6, 6.07) is 0. The van der Waals surface area contributed by atoms with E-state index < -0.39 is 17.8 Å². The van der Waals surface area contributed by atoms with E-state index in [0.29, 0.717) is 4.48 Å². The van der Waals surface area contributed by atoms with Gasteiger partial charge in [-0.1, -0.05) is 22.5 Å². The summed E-state index contributed by atoms with van der Waals surface area (Å²) in [5.74, 6) is -1.69. The van der Waals surface area contributed by atoms with Gasteiger partial charge in [-0.2, -0.15) is 0 Å². The molecule has 0 aliphatic carbocycles. The number of hydrogen-bond acceptors (Lipinski definition) is 5. The fraction of sp³-hybridized carbons (Fsp3) is 0.250. The normalized spacial score (nSPS) is 11.7. The maximum Gasteiger partial charge on any atom is 0.308 e. The molecule has 0 saturated carbocycles. The predicted octanol–water partition coefficient (Wildman–Crippen LogP) is 1.32. The molecule has 0 fully saturated rings. The van der Waals surface area contributed by atoms with Crippen LogP contribution in [0.1, 0.15) is 13.8 Å². The second kappa shape index (κ2) is 8.25. The van der Waals surface area contributed by atoms with Crippen LogP contribution in [0.5, 0.6) is 0 Å². The molecule has 2 N–H and O–H groups in total. The van der Waals surface area contributed by atoms with Crippen molar-refractivity contribution in [3.05, 3.63) is 34.5 Å². The predicted molar refractivity (Wildman–Crippen MR) is 71.8 cm³/mol. The van der Waals surface area contributed by atoms with Crippen molar-refractivity contribution in [3.8, 4) is 0 Å². The Hall–Kier alpha value is -1.89. The lowest BCUT2D eigenvalue weighted by Crippen LogP contribution is -2.19. The largest absolute Gasteiger partial charge is 0.461 e. The van der Waals surface area contributed by atoms with Gasteiger partial charge in [0.15, 0.2) is 0 Å². The second-order valence-electron chi connectivity index (χ2n) is 3.40. The van der Waals surface area contributed by atoms with Crippen molar-refractivity contribution >= 4 is 33.8 Å². The Bertz CT molecular complexity index is 465. The molecule has 0 aromatic rings. The molecular formula is C12H14BrNO5. The lowest BCUT2D eigenvalue weighted by Gasteiger charge is -2.04. The molecule has 1 amide bonds. The van der Waals surface area contributed by atoms with Gasteiger partial charge in [-0.3, -0.25) is 14.4 Å². The molecule has 0 aromatic carbocycles. The van der Waals surface area contributed by atoms with Crippen molar-refractivity contribution in [2.75, 3.05) is 6.61 Å². The smallest absolute Gasteiger partial charge is 0.308 e. The molecule has 0 radical (unpaired) electrons. The fourth-order valence-electron chi connectivity index (χ4n) is 0.939. The van der Waals surface area contributed by atoms with Gasteiger partial charge in [0, 0.05) is 18.3 Å². The Morgan fingerprint density at radius 2 is 1.79 bits per heavy atom. The van der Waals surface area contributed by atoms with Crippen LogP contribution in [0, 0.1) is 0 Å². The van der Waals surface area contributed by atoms with Gasteiger partial charge in [0.2, 0.25) is 5.91 Å². The number of primary amides is 1. The molecule has 0 aliphatic rings. The van der Waals surface area contributed by atoms with Crippen LogP contribution in [0.25, 0.3) is 0 Å². The summed E-state index contributed by atoms with van der Waals surface area (Å²) in [7, 11) is 0. The minimum absolute atomic E-state index is 0.0777. The van der Waals surface area contributed by atoms with Crippen LogP contribution in [0.3, 0.4) is 0 Å². The minimum Gasteiger partial charge on any atom is -0.461 e. The van der Waals surface area contributed by atoms with E-state index in [-0.39, 0.29) is 17.9 Å². The van der Waals surface area contributed by atoms with Gasteiger partial charge in [-0.05, 0) is 12.2 Å². The van der Waals surface area contributed by atoms with E-state index in [4.69, 9.17) is 10.5 Å². The number of carbonyl (C=O) groups is 3.